The topological polar surface area (TPSA) is 47.3 Å². The van der Waals surface area contributed by atoms with Gasteiger partial charge in [0.2, 0.25) is 0 Å². The number of nitrogens with zero attached hydrogens (tertiary/aromatic N) is 1. The summed E-state index contributed by atoms with van der Waals surface area (Å²) in [5, 5.41) is 7.35. The molecule has 1 atom stereocenters. The number of alkyl halides is 1. The number of halogens is 1. The van der Waals surface area contributed by atoms with Gasteiger partial charge < -0.3 is 9.26 Å². The summed E-state index contributed by atoms with van der Waals surface area (Å²) in [5.41, 5.74) is 2.01. The van der Waals surface area contributed by atoms with Crippen molar-refractivity contribution in [3.05, 3.63) is 17.0 Å². The van der Waals surface area contributed by atoms with Gasteiger partial charge in [-0.25, -0.2) is 0 Å². The minimum atomic E-state index is 0.148. The lowest BCUT2D eigenvalue weighted by Gasteiger charge is -2.05. The summed E-state index contributed by atoms with van der Waals surface area (Å²) in [4.78, 5) is 0. The van der Waals surface area contributed by atoms with Crippen LogP contribution in [0.25, 0.3) is 0 Å². The first kappa shape index (κ1) is 9.63. The fraction of sp³-hybridized carbons (Fsp3) is 0.700. The Morgan fingerprint density at radius 1 is 1.47 bits per heavy atom. The molecule has 0 radical (unpaired) electrons. The van der Waals surface area contributed by atoms with E-state index in [1.54, 1.807) is 0 Å². The van der Waals surface area contributed by atoms with Crippen molar-refractivity contribution in [2.24, 2.45) is 0 Å². The van der Waals surface area contributed by atoms with Crippen LogP contribution >= 0.6 is 11.6 Å². The van der Waals surface area contributed by atoms with E-state index in [1.807, 2.05) is 0 Å². The zero-order valence-electron chi connectivity index (χ0n) is 8.33. The van der Waals surface area contributed by atoms with Crippen LogP contribution in [0.4, 0.5) is 0 Å². The molecule has 15 heavy (non-hydrogen) atoms. The molecule has 2 aliphatic rings. The molecule has 4 nitrogen and oxygen atoms in total. The summed E-state index contributed by atoms with van der Waals surface area (Å²) in [5.74, 6) is 2.03. The predicted octanol–water partition coefficient (Wildman–Crippen LogP) is 1.91. The minimum Gasteiger partial charge on any atom is -0.364 e. The maximum Gasteiger partial charge on any atom is 0.144 e. The molecular weight excluding hydrogens is 216 g/mol. The molecule has 1 aromatic heterocycles. The summed E-state index contributed by atoms with van der Waals surface area (Å²) in [7, 11) is 0. The second-order valence-electron chi connectivity index (χ2n) is 4.09. The van der Waals surface area contributed by atoms with Crippen LogP contribution in [0.1, 0.15) is 41.8 Å². The van der Waals surface area contributed by atoms with Crippen LogP contribution in [0.15, 0.2) is 4.52 Å². The smallest absolute Gasteiger partial charge is 0.144 e. The second kappa shape index (κ2) is 3.77. The van der Waals surface area contributed by atoms with E-state index in [0.717, 1.165) is 17.0 Å². The number of hydrogen-bond acceptors (Lipinski definition) is 4. The zero-order chi connectivity index (χ0) is 10.3. The molecule has 1 aliphatic carbocycles. The van der Waals surface area contributed by atoms with E-state index in [1.165, 1.54) is 12.8 Å². The van der Waals surface area contributed by atoms with Crippen molar-refractivity contribution < 1.29 is 9.26 Å². The Hall–Kier alpha value is -0.580. The lowest BCUT2D eigenvalue weighted by molar-refractivity contribution is 0.189. The summed E-state index contributed by atoms with van der Waals surface area (Å²) in [6.07, 6.45) is 2.40. The Labute approximate surface area is 92.9 Å². The number of nitrogens with one attached hydrogen (secondary N) is 1. The van der Waals surface area contributed by atoms with Gasteiger partial charge in [-0.2, -0.15) is 0 Å². The summed E-state index contributed by atoms with van der Waals surface area (Å²) >= 11 is 5.96. The molecule has 3 rings (SSSR count). The first-order chi connectivity index (χ1) is 7.40. The Bertz CT molecular complexity index is 356. The van der Waals surface area contributed by atoms with Crippen LogP contribution in [-0.4, -0.2) is 18.5 Å². The number of aromatic nitrogens is 1. The summed E-state index contributed by atoms with van der Waals surface area (Å²) < 4.78 is 10.7. The van der Waals surface area contributed by atoms with Crippen LogP contribution in [0, 0.1) is 0 Å². The largest absolute Gasteiger partial charge is 0.364 e. The van der Waals surface area contributed by atoms with Crippen LogP contribution in [0.2, 0.25) is 0 Å². The number of hydrogen-bond donors (Lipinski definition) is 1. The monoisotopic (exact) mass is 228 g/mol. The second-order valence-corrected chi connectivity index (χ2v) is 4.36. The molecule has 2 heterocycles. The normalized spacial score (nSPS) is 26.1. The molecular formula is C10H13ClN2O2. The molecule has 1 aromatic rings. The van der Waals surface area contributed by atoms with E-state index in [9.17, 15) is 0 Å². The average molecular weight is 229 g/mol. The fourth-order valence-electron chi connectivity index (χ4n) is 1.98. The van der Waals surface area contributed by atoms with Gasteiger partial charge in [0.15, 0.2) is 0 Å². The quantitative estimate of drug-likeness (QED) is 0.803. The molecule has 82 valence electrons. The van der Waals surface area contributed by atoms with Gasteiger partial charge in [-0.15, -0.1) is 11.6 Å². The van der Waals surface area contributed by atoms with E-state index < -0.39 is 0 Å². The van der Waals surface area contributed by atoms with Crippen molar-refractivity contribution in [2.45, 2.75) is 30.7 Å². The highest BCUT2D eigenvalue weighted by Gasteiger charge is 2.34. The number of ether oxygens (including phenoxy) is 1. The highest BCUT2D eigenvalue weighted by Crippen LogP contribution is 2.43. The van der Waals surface area contributed by atoms with Crippen molar-refractivity contribution in [3.8, 4) is 0 Å². The highest BCUT2D eigenvalue weighted by atomic mass is 35.5. The molecule has 1 saturated heterocycles. The van der Waals surface area contributed by atoms with Crippen LogP contribution in [-0.2, 0) is 10.6 Å². The van der Waals surface area contributed by atoms with Crippen molar-refractivity contribution in [2.75, 3.05) is 13.3 Å². The van der Waals surface area contributed by atoms with Crippen molar-refractivity contribution >= 4 is 11.6 Å². The molecule has 1 aliphatic heterocycles. The molecule has 0 amide bonds. The molecule has 1 N–H and O–H groups in total. The van der Waals surface area contributed by atoms with Gasteiger partial charge >= 0.3 is 0 Å². The van der Waals surface area contributed by atoms with E-state index in [4.69, 9.17) is 20.9 Å². The third-order valence-electron chi connectivity index (χ3n) is 2.98. The Morgan fingerprint density at radius 2 is 2.33 bits per heavy atom. The molecule has 0 spiro atoms. The maximum atomic E-state index is 5.96. The third kappa shape index (κ3) is 1.67. The van der Waals surface area contributed by atoms with E-state index in [2.05, 4.69) is 10.5 Å². The Kier molecular flexibility index (Phi) is 2.42. The first-order valence-corrected chi connectivity index (χ1v) is 5.79. The van der Waals surface area contributed by atoms with Gasteiger partial charge in [-0.05, 0) is 12.8 Å². The van der Waals surface area contributed by atoms with Gasteiger partial charge in [-0.1, -0.05) is 5.16 Å². The average Bonchev–Trinajstić information content (AvgIpc) is 2.83. The van der Waals surface area contributed by atoms with Gasteiger partial charge in [0.25, 0.3) is 0 Å². The van der Waals surface area contributed by atoms with Crippen LogP contribution in [0.5, 0.6) is 0 Å². The molecule has 5 heteroatoms. The van der Waals surface area contributed by atoms with Gasteiger partial charge in [0, 0.05) is 11.5 Å². The highest BCUT2D eigenvalue weighted by molar-refractivity contribution is 6.17. The Balaban J connectivity index is 1.92. The van der Waals surface area contributed by atoms with Crippen LogP contribution < -0.4 is 5.32 Å². The van der Waals surface area contributed by atoms with Crippen molar-refractivity contribution in [1.82, 2.24) is 10.5 Å². The van der Waals surface area contributed by atoms with Gasteiger partial charge in [-0.3, -0.25) is 5.32 Å². The standard InChI is InChI=1S/C10H13ClN2O2/c11-3-7-9(8-4-14-5-12-8)13-15-10(7)6-1-2-6/h6,8,12H,1-5H2. The molecule has 0 bridgehead atoms. The number of rotatable bonds is 3. The van der Waals surface area contributed by atoms with E-state index in [0.29, 0.717) is 25.1 Å². The fourth-order valence-corrected chi connectivity index (χ4v) is 2.25. The third-order valence-corrected chi connectivity index (χ3v) is 3.24. The minimum absolute atomic E-state index is 0.148. The first-order valence-electron chi connectivity index (χ1n) is 5.25. The van der Waals surface area contributed by atoms with E-state index in [-0.39, 0.29) is 6.04 Å². The van der Waals surface area contributed by atoms with Crippen molar-refractivity contribution in [1.29, 1.82) is 0 Å². The molecule has 1 unspecified atom stereocenters. The lowest BCUT2D eigenvalue weighted by atomic mass is 10.1. The van der Waals surface area contributed by atoms with E-state index >= 15 is 0 Å². The predicted molar refractivity (Wildman–Crippen MR) is 54.7 cm³/mol. The SMILES string of the molecule is ClCc1c(C2COCN2)noc1C1CC1. The Morgan fingerprint density at radius 3 is 2.93 bits per heavy atom. The lowest BCUT2D eigenvalue weighted by Crippen LogP contribution is -2.16. The molecule has 1 saturated carbocycles. The van der Waals surface area contributed by atoms with Crippen molar-refractivity contribution in [3.63, 3.8) is 0 Å². The summed E-state index contributed by atoms with van der Waals surface area (Å²) in [6.45, 7) is 1.23. The molecule has 0 aromatic carbocycles. The summed E-state index contributed by atoms with van der Waals surface area (Å²) in [6, 6.07) is 0.148. The van der Waals surface area contributed by atoms with Gasteiger partial charge in [0.1, 0.15) is 11.5 Å². The zero-order valence-corrected chi connectivity index (χ0v) is 9.09. The maximum absolute atomic E-state index is 5.96. The molecule has 2 fully saturated rings. The van der Waals surface area contributed by atoms with Crippen LogP contribution in [0.3, 0.4) is 0 Å². The van der Waals surface area contributed by atoms with Gasteiger partial charge in [0.05, 0.1) is 25.3 Å².